The molecule has 1 spiro atoms. The number of nitrogens with zero attached hydrogens (tertiary/aromatic N) is 1. The topological polar surface area (TPSA) is 123 Å². The van der Waals surface area contributed by atoms with Gasteiger partial charge in [-0.15, -0.1) is 0 Å². The predicted octanol–water partition coefficient (Wildman–Crippen LogP) is -1.15. The quantitative estimate of drug-likeness (QED) is 0.617. The van der Waals surface area contributed by atoms with E-state index in [2.05, 4.69) is 5.32 Å². The Hall–Kier alpha value is -2.81. The molecule has 0 aliphatic carbocycles. The van der Waals surface area contributed by atoms with E-state index >= 15 is 0 Å². The van der Waals surface area contributed by atoms with Crippen molar-refractivity contribution in [2.75, 3.05) is 5.32 Å². The Morgan fingerprint density at radius 3 is 2.59 bits per heavy atom. The van der Waals surface area contributed by atoms with E-state index in [0.717, 1.165) is 4.90 Å². The minimum absolute atomic E-state index is 0.0557. The molecule has 1 aromatic carbocycles. The summed E-state index contributed by atoms with van der Waals surface area (Å²) >= 11 is 0. The molecule has 8 nitrogen and oxygen atoms in total. The molecule has 2 fully saturated rings. The number of likely N-dealkylation sites (tertiary alicyclic amines) is 1. The lowest BCUT2D eigenvalue weighted by molar-refractivity contribution is -0.734. The second-order valence-corrected chi connectivity index (χ2v) is 8.94. The summed E-state index contributed by atoms with van der Waals surface area (Å²) in [6.45, 7) is 5.16. The molecule has 29 heavy (non-hydrogen) atoms. The molecule has 3 N–H and O–H groups in total. The first-order valence-corrected chi connectivity index (χ1v) is 9.53. The molecule has 3 amide bonds. The van der Waals surface area contributed by atoms with Gasteiger partial charge in [0, 0.05) is 23.5 Å². The minimum atomic E-state index is -1.51. The number of carbonyl (C=O) groups excluding carboxylic acids is 4. The van der Waals surface area contributed by atoms with Crippen molar-refractivity contribution in [3.8, 4) is 0 Å². The fourth-order valence-electron chi connectivity index (χ4n) is 5.14. The Morgan fingerprint density at radius 1 is 1.28 bits per heavy atom. The van der Waals surface area contributed by atoms with Crippen LogP contribution in [0, 0.1) is 17.7 Å². The number of carboxylic acids is 1. The molecule has 9 heteroatoms. The predicted molar refractivity (Wildman–Crippen MR) is 95.2 cm³/mol. The lowest BCUT2D eigenvalue weighted by Crippen LogP contribution is -2.99. The Balaban J connectivity index is 1.88. The zero-order valence-corrected chi connectivity index (χ0v) is 16.3. The zero-order chi connectivity index (χ0) is 21.3. The largest absolute Gasteiger partial charge is 0.550 e. The van der Waals surface area contributed by atoms with Gasteiger partial charge in [0.1, 0.15) is 23.7 Å². The summed E-state index contributed by atoms with van der Waals surface area (Å²) < 4.78 is 14.1. The second kappa shape index (κ2) is 6.09. The molecule has 0 aromatic heterocycles. The summed E-state index contributed by atoms with van der Waals surface area (Å²) in [5, 5.41) is 15.3. The van der Waals surface area contributed by atoms with Gasteiger partial charge in [-0.3, -0.25) is 19.3 Å². The second-order valence-electron chi connectivity index (χ2n) is 8.94. The number of nitrogens with two attached hydrogens (primary N) is 1. The molecule has 154 valence electrons. The first-order chi connectivity index (χ1) is 13.5. The van der Waals surface area contributed by atoms with Gasteiger partial charge in [-0.05, 0) is 45.4 Å². The van der Waals surface area contributed by atoms with Crippen molar-refractivity contribution in [1.82, 2.24) is 4.90 Å². The van der Waals surface area contributed by atoms with E-state index in [1.807, 2.05) is 0 Å². The van der Waals surface area contributed by atoms with Gasteiger partial charge < -0.3 is 20.5 Å². The first kappa shape index (κ1) is 19.5. The number of benzene rings is 1. The third-order valence-electron chi connectivity index (χ3n) is 6.18. The minimum Gasteiger partial charge on any atom is -0.550 e. The number of fused-ring (bicyclic) bond motifs is 4. The highest BCUT2D eigenvalue weighted by molar-refractivity contribution is 6.14. The van der Waals surface area contributed by atoms with Crippen LogP contribution in [-0.2, 0) is 24.7 Å². The van der Waals surface area contributed by atoms with Crippen molar-refractivity contribution in [2.45, 2.75) is 50.7 Å². The highest BCUT2D eigenvalue weighted by Gasteiger charge is 2.74. The summed E-state index contributed by atoms with van der Waals surface area (Å²) in [4.78, 5) is 52.0. The van der Waals surface area contributed by atoms with E-state index in [1.165, 1.54) is 18.2 Å². The lowest BCUT2D eigenvalue weighted by Gasteiger charge is -2.33. The summed E-state index contributed by atoms with van der Waals surface area (Å²) in [5.74, 6) is -5.17. The SMILES string of the molecule is CC(C)(C)N1C(=O)[C@@H]2[C@H](CCC(=O)[O-])[NH2+][C@@]3(C(=O)Nc4ccc(F)cc43)[C@@H]2C1=O. The molecule has 0 saturated carbocycles. The number of amides is 3. The average Bonchev–Trinajstić information content (AvgIpc) is 3.18. The third kappa shape index (κ3) is 2.60. The molecular weight excluding hydrogens is 381 g/mol. The molecule has 4 atom stereocenters. The van der Waals surface area contributed by atoms with Crippen LogP contribution in [0.4, 0.5) is 10.1 Å². The van der Waals surface area contributed by atoms with Crippen molar-refractivity contribution in [3.05, 3.63) is 29.6 Å². The number of aliphatic carboxylic acids is 1. The van der Waals surface area contributed by atoms with Gasteiger partial charge in [0.25, 0.3) is 5.91 Å². The third-order valence-corrected chi connectivity index (χ3v) is 6.18. The molecule has 3 aliphatic rings. The number of quaternary nitrogens is 1. The Kier molecular flexibility index (Phi) is 4.10. The molecule has 0 bridgehead atoms. The zero-order valence-electron chi connectivity index (χ0n) is 16.3. The van der Waals surface area contributed by atoms with Gasteiger partial charge in [0.2, 0.25) is 17.4 Å². The highest BCUT2D eigenvalue weighted by Crippen LogP contribution is 2.50. The van der Waals surface area contributed by atoms with Gasteiger partial charge in [-0.1, -0.05) is 0 Å². The standard InChI is InChI=1S/C20H22FN3O5/c1-19(2,3)24-16(27)14-12(6-7-13(25)26)23-20(15(14)17(24)28)10-8-9(21)4-5-11(10)22-18(20)29/h4-5,8,12,14-15,23H,6-7H2,1-3H3,(H,22,29)(H,25,26)/t12-,14+,15-,20+/m0/s1. The molecule has 2 saturated heterocycles. The van der Waals surface area contributed by atoms with E-state index < -0.39 is 58.5 Å². The average molecular weight is 403 g/mol. The van der Waals surface area contributed by atoms with E-state index in [0.29, 0.717) is 11.3 Å². The van der Waals surface area contributed by atoms with E-state index in [9.17, 15) is 28.7 Å². The van der Waals surface area contributed by atoms with Crippen LogP contribution < -0.4 is 15.7 Å². The van der Waals surface area contributed by atoms with Gasteiger partial charge in [0.15, 0.2) is 0 Å². The van der Waals surface area contributed by atoms with E-state index in [1.54, 1.807) is 26.1 Å². The maximum atomic E-state index is 14.1. The van der Waals surface area contributed by atoms with Crippen molar-refractivity contribution >= 4 is 29.4 Å². The Bertz CT molecular complexity index is 956. The molecule has 1 aromatic rings. The van der Waals surface area contributed by atoms with Gasteiger partial charge in [-0.25, -0.2) is 4.39 Å². The van der Waals surface area contributed by atoms with Crippen LogP contribution in [0.3, 0.4) is 0 Å². The van der Waals surface area contributed by atoms with Crippen LogP contribution >= 0.6 is 0 Å². The Labute approximate surface area is 166 Å². The van der Waals surface area contributed by atoms with Crippen LogP contribution in [0.1, 0.15) is 39.2 Å². The summed E-state index contributed by atoms with van der Waals surface area (Å²) in [5.41, 5.74) is -1.61. The molecule has 0 radical (unpaired) electrons. The monoisotopic (exact) mass is 403 g/mol. The number of imide groups is 1. The number of carboxylic acid groups (broad SMARTS) is 1. The van der Waals surface area contributed by atoms with E-state index in [-0.39, 0.29) is 12.8 Å². The number of anilines is 1. The van der Waals surface area contributed by atoms with Gasteiger partial charge in [0.05, 0.1) is 5.69 Å². The van der Waals surface area contributed by atoms with Crippen LogP contribution in [0.15, 0.2) is 18.2 Å². The summed E-state index contributed by atoms with van der Waals surface area (Å²) in [7, 11) is 0. The molecule has 3 heterocycles. The fourth-order valence-corrected chi connectivity index (χ4v) is 5.14. The molecular formula is C20H22FN3O5. The van der Waals surface area contributed by atoms with Gasteiger partial charge >= 0.3 is 0 Å². The van der Waals surface area contributed by atoms with Gasteiger partial charge in [-0.2, -0.15) is 0 Å². The molecule has 0 unspecified atom stereocenters. The van der Waals surface area contributed by atoms with Crippen molar-refractivity contribution in [1.29, 1.82) is 0 Å². The summed E-state index contributed by atoms with van der Waals surface area (Å²) in [6.07, 6.45) is -0.255. The number of hydrogen-bond acceptors (Lipinski definition) is 5. The number of carbonyl (C=O) groups is 4. The number of halogens is 1. The first-order valence-electron chi connectivity index (χ1n) is 9.53. The van der Waals surface area contributed by atoms with Crippen LogP contribution in [-0.4, -0.2) is 40.2 Å². The van der Waals surface area contributed by atoms with Crippen LogP contribution in [0.5, 0.6) is 0 Å². The van der Waals surface area contributed by atoms with E-state index in [4.69, 9.17) is 0 Å². The highest BCUT2D eigenvalue weighted by atomic mass is 19.1. The molecule has 4 rings (SSSR count). The summed E-state index contributed by atoms with van der Waals surface area (Å²) in [6, 6.07) is 3.22. The lowest BCUT2D eigenvalue weighted by atomic mass is 9.76. The number of rotatable bonds is 3. The van der Waals surface area contributed by atoms with Crippen LogP contribution in [0.25, 0.3) is 0 Å². The number of hydrogen-bond donors (Lipinski definition) is 2. The van der Waals surface area contributed by atoms with Crippen LogP contribution in [0.2, 0.25) is 0 Å². The number of nitrogens with one attached hydrogen (secondary N) is 1. The normalized spacial score (nSPS) is 30.7. The van der Waals surface area contributed by atoms with Crippen molar-refractivity contribution < 1.29 is 34.0 Å². The Morgan fingerprint density at radius 2 is 1.97 bits per heavy atom. The van der Waals surface area contributed by atoms with Crippen molar-refractivity contribution in [3.63, 3.8) is 0 Å². The fraction of sp³-hybridized carbons (Fsp3) is 0.500. The maximum Gasteiger partial charge on any atom is 0.291 e. The maximum absolute atomic E-state index is 14.1. The van der Waals surface area contributed by atoms with Crippen molar-refractivity contribution in [2.24, 2.45) is 11.8 Å². The molecule has 3 aliphatic heterocycles. The smallest absolute Gasteiger partial charge is 0.291 e.